The van der Waals surface area contributed by atoms with Crippen molar-refractivity contribution in [2.45, 2.75) is 13.3 Å². The summed E-state index contributed by atoms with van der Waals surface area (Å²) >= 11 is 0. The summed E-state index contributed by atoms with van der Waals surface area (Å²) in [6, 6.07) is 24.9. The fourth-order valence-electron chi connectivity index (χ4n) is 2.24. The van der Waals surface area contributed by atoms with Crippen molar-refractivity contribution in [3.05, 3.63) is 72.3 Å². The van der Waals surface area contributed by atoms with E-state index in [-0.39, 0.29) is 0 Å². The summed E-state index contributed by atoms with van der Waals surface area (Å²) in [6.45, 7) is 2.18. The van der Waals surface area contributed by atoms with Gasteiger partial charge in [0.1, 0.15) is 0 Å². The lowest BCUT2D eigenvalue weighted by atomic mass is 9.99. The second kappa shape index (κ2) is 4.66. The molecule has 0 fully saturated rings. The normalized spacial score (nSPS) is 10.7. The van der Waals surface area contributed by atoms with Crippen LogP contribution in [0.3, 0.4) is 0 Å². The van der Waals surface area contributed by atoms with Crippen LogP contribution in [-0.2, 0) is 6.42 Å². The zero-order valence-corrected chi connectivity index (χ0v) is 10.5. The van der Waals surface area contributed by atoms with Crippen LogP contribution in [0.4, 0.5) is 0 Å². The molecule has 0 N–H and O–H groups in total. The molecule has 0 heteroatoms. The first-order chi connectivity index (χ1) is 8.86. The summed E-state index contributed by atoms with van der Waals surface area (Å²) in [5.41, 5.74) is 3.79. The Bertz CT molecular complexity index is 680. The molecule has 0 spiro atoms. The first-order valence-electron chi connectivity index (χ1n) is 6.37. The number of aryl methyl sites for hydroxylation is 1. The molecule has 3 rings (SSSR count). The molecule has 0 unspecified atom stereocenters. The minimum absolute atomic E-state index is 1.07. The molecular weight excluding hydrogens is 216 g/mol. The van der Waals surface area contributed by atoms with Gasteiger partial charge < -0.3 is 0 Å². The lowest BCUT2D eigenvalue weighted by Gasteiger charge is -2.05. The lowest BCUT2D eigenvalue weighted by molar-refractivity contribution is 1.14. The van der Waals surface area contributed by atoms with Gasteiger partial charge in [0.25, 0.3) is 0 Å². The molecule has 0 heterocycles. The molecule has 3 aromatic rings. The highest BCUT2D eigenvalue weighted by molar-refractivity contribution is 5.86. The third-order valence-electron chi connectivity index (χ3n) is 3.31. The molecule has 87 valence electrons. The second-order valence-electron chi connectivity index (χ2n) is 4.51. The Hall–Kier alpha value is -2.08. The van der Waals surface area contributed by atoms with E-state index in [1.807, 2.05) is 0 Å². The van der Waals surface area contributed by atoms with Gasteiger partial charge in [-0.2, -0.15) is 0 Å². The third-order valence-corrected chi connectivity index (χ3v) is 3.31. The zero-order chi connectivity index (χ0) is 12.4. The minimum Gasteiger partial charge on any atom is -0.0616 e. The summed E-state index contributed by atoms with van der Waals surface area (Å²) in [4.78, 5) is 0. The Labute approximate surface area is 108 Å². The summed E-state index contributed by atoms with van der Waals surface area (Å²) in [5.74, 6) is 0. The van der Waals surface area contributed by atoms with Gasteiger partial charge in [0, 0.05) is 0 Å². The smallest absolute Gasteiger partial charge is 0.00143 e. The van der Waals surface area contributed by atoms with Gasteiger partial charge in [0.05, 0.1) is 0 Å². The summed E-state index contributed by atoms with van der Waals surface area (Å²) < 4.78 is 0. The summed E-state index contributed by atoms with van der Waals surface area (Å²) in [7, 11) is 0. The van der Waals surface area contributed by atoms with Gasteiger partial charge in [0.15, 0.2) is 0 Å². The van der Waals surface area contributed by atoms with Gasteiger partial charge in [0.2, 0.25) is 0 Å². The van der Waals surface area contributed by atoms with E-state index in [4.69, 9.17) is 0 Å². The van der Waals surface area contributed by atoms with E-state index in [0.717, 1.165) is 6.42 Å². The Morgan fingerprint density at radius 3 is 2.67 bits per heavy atom. The molecule has 0 aliphatic heterocycles. The molecule has 0 nitrogen and oxygen atoms in total. The molecular formula is C18H15. The van der Waals surface area contributed by atoms with Crippen molar-refractivity contribution in [2.24, 2.45) is 0 Å². The largest absolute Gasteiger partial charge is 0.0616 e. The second-order valence-corrected chi connectivity index (χ2v) is 4.51. The molecule has 3 aromatic carbocycles. The van der Waals surface area contributed by atoms with Crippen LogP contribution in [-0.4, -0.2) is 0 Å². The topological polar surface area (TPSA) is 0 Å². The monoisotopic (exact) mass is 231 g/mol. The van der Waals surface area contributed by atoms with Crippen molar-refractivity contribution in [3.8, 4) is 11.1 Å². The van der Waals surface area contributed by atoms with Gasteiger partial charge in [-0.15, -0.1) is 0 Å². The van der Waals surface area contributed by atoms with Gasteiger partial charge in [-0.25, -0.2) is 0 Å². The van der Waals surface area contributed by atoms with Crippen LogP contribution in [0.25, 0.3) is 21.9 Å². The highest BCUT2D eigenvalue weighted by atomic mass is 14.0. The molecule has 0 aliphatic rings. The van der Waals surface area contributed by atoms with Crippen LogP contribution in [0, 0.1) is 6.07 Å². The van der Waals surface area contributed by atoms with Crippen LogP contribution in [0.15, 0.2) is 60.7 Å². The maximum atomic E-state index is 3.49. The quantitative estimate of drug-likeness (QED) is 0.590. The number of hydrogen-bond donors (Lipinski definition) is 0. The van der Waals surface area contributed by atoms with Crippen molar-refractivity contribution < 1.29 is 0 Å². The number of rotatable bonds is 2. The predicted octanol–water partition coefficient (Wildman–Crippen LogP) is 4.87. The van der Waals surface area contributed by atoms with E-state index in [1.165, 1.54) is 27.5 Å². The van der Waals surface area contributed by atoms with E-state index >= 15 is 0 Å². The van der Waals surface area contributed by atoms with E-state index in [2.05, 4.69) is 73.7 Å². The van der Waals surface area contributed by atoms with Gasteiger partial charge >= 0.3 is 0 Å². The number of fused-ring (bicyclic) bond motifs is 1. The van der Waals surface area contributed by atoms with Crippen molar-refractivity contribution in [3.63, 3.8) is 0 Å². The average Bonchev–Trinajstić information content (AvgIpc) is 2.47. The molecule has 0 bridgehead atoms. The third kappa shape index (κ3) is 2.02. The lowest BCUT2D eigenvalue weighted by Crippen LogP contribution is -1.83. The summed E-state index contributed by atoms with van der Waals surface area (Å²) in [5, 5.41) is 2.42. The first-order valence-corrected chi connectivity index (χ1v) is 6.37. The van der Waals surface area contributed by atoms with Crippen LogP contribution in [0.5, 0.6) is 0 Å². The maximum absolute atomic E-state index is 3.49. The zero-order valence-electron chi connectivity index (χ0n) is 10.5. The Morgan fingerprint density at radius 1 is 0.889 bits per heavy atom. The van der Waals surface area contributed by atoms with E-state index in [9.17, 15) is 0 Å². The van der Waals surface area contributed by atoms with E-state index in [1.54, 1.807) is 0 Å². The molecule has 0 saturated heterocycles. The van der Waals surface area contributed by atoms with Gasteiger partial charge in [-0.3, -0.25) is 0 Å². The molecule has 0 aliphatic carbocycles. The van der Waals surface area contributed by atoms with Gasteiger partial charge in [-0.1, -0.05) is 67.6 Å². The van der Waals surface area contributed by atoms with E-state index < -0.39 is 0 Å². The van der Waals surface area contributed by atoms with Gasteiger partial charge in [-0.05, 0) is 39.9 Å². The Kier molecular flexibility index (Phi) is 2.85. The van der Waals surface area contributed by atoms with Crippen LogP contribution >= 0.6 is 0 Å². The summed E-state index contributed by atoms with van der Waals surface area (Å²) in [6.07, 6.45) is 1.07. The highest BCUT2D eigenvalue weighted by Gasteiger charge is 2.00. The minimum atomic E-state index is 1.07. The molecule has 0 amide bonds. The molecule has 1 radical (unpaired) electrons. The standard InChI is InChI=1S/C18H15/c1-2-14-6-5-9-16(12-14)18-11-10-15-7-3-4-8-17(15)13-18/h3-12H,2H2,1H3. The average molecular weight is 231 g/mol. The molecule has 18 heavy (non-hydrogen) atoms. The van der Waals surface area contributed by atoms with E-state index in [0.29, 0.717) is 0 Å². The first kappa shape index (κ1) is 11.0. The predicted molar refractivity (Wildman–Crippen MR) is 77.6 cm³/mol. The van der Waals surface area contributed by atoms with Crippen LogP contribution < -0.4 is 0 Å². The fourth-order valence-corrected chi connectivity index (χ4v) is 2.24. The SMILES string of the molecule is CCc1cccc(-c2[c]c3ccccc3cc2)c1. The molecule has 0 aromatic heterocycles. The Morgan fingerprint density at radius 2 is 1.78 bits per heavy atom. The Balaban J connectivity index is 2.13. The van der Waals surface area contributed by atoms with Crippen molar-refractivity contribution in [1.29, 1.82) is 0 Å². The highest BCUT2D eigenvalue weighted by Crippen LogP contribution is 2.24. The fraction of sp³-hybridized carbons (Fsp3) is 0.111. The number of benzene rings is 3. The van der Waals surface area contributed by atoms with Crippen molar-refractivity contribution in [1.82, 2.24) is 0 Å². The molecule has 0 atom stereocenters. The van der Waals surface area contributed by atoms with Crippen molar-refractivity contribution in [2.75, 3.05) is 0 Å². The van der Waals surface area contributed by atoms with Crippen LogP contribution in [0.1, 0.15) is 12.5 Å². The molecule has 0 saturated carbocycles. The van der Waals surface area contributed by atoms with Crippen molar-refractivity contribution >= 4 is 10.8 Å². The maximum Gasteiger partial charge on any atom is -0.00143 e. The van der Waals surface area contributed by atoms with Crippen LogP contribution in [0.2, 0.25) is 0 Å². The number of hydrogen-bond acceptors (Lipinski definition) is 0.